The number of amides is 1. The molecular weight excluding hydrogens is 228 g/mol. The molecule has 0 heterocycles. The highest BCUT2D eigenvalue weighted by Crippen LogP contribution is 2.17. The second-order valence-electron chi connectivity index (χ2n) is 4.17. The van der Waals surface area contributed by atoms with E-state index < -0.39 is 0 Å². The SMILES string of the molecule is CCCCOc1cccc(NC(=O)CCCN)c1. The van der Waals surface area contributed by atoms with E-state index in [9.17, 15) is 4.79 Å². The van der Waals surface area contributed by atoms with Gasteiger partial charge in [0, 0.05) is 18.2 Å². The predicted molar refractivity (Wildman–Crippen MR) is 73.8 cm³/mol. The van der Waals surface area contributed by atoms with Gasteiger partial charge in [-0.05, 0) is 31.5 Å². The number of unbranched alkanes of at least 4 members (excludes halogenated alkanes) is 1. The number of benzene rings is 1. The van der Waals surface area contributed by atoms with E-state index >= 15 is 0 Å². The first-order valence-corrected chi connectivity index (χ1v) is 6.49. The summed E-state index contributed by atoms with van der Waals surface area (Å²) in [6.07, 6.45) is 3.30. The van der Waals surface area contributed by atoms with Crippen molar-refractivity contribution in [3.8, 4) is 5.75 Å². The molecule has 1 rings (SSSR count). The van der Waals surface area contributed by atoms with Crippen molar-refractivity contribution in [1.29, 1.82) is 0 Å². The smallest absolute Gasteiger partial charge is 0.224 e. The second kappa shape index (κ2) is 8.53. The standard InChI is InChI=1S/C14H22N2O2/c1-2-3-10-18-13-7-4-6-12(11-13)16-14(17)8-5-9-15/h4,6-7,11H,2-3,5,8-10,15H2,1H3,(H,16,17). The first-order chi connectivity index (χ1) is 8.76. The molecule has 4 heteroatoms. The van der Waals surface area contributed by atoms with Gasteiger partial charge in [0.05, 0.1) is 6.61 Å². The predicted octanol–water partition coefficient (Wildman–Crippen LogP) is 2.54. The van der Waals surface area contributed by atoms with Gasteiger partial charge in [0.1, 0.15) is 5.75 Å². The van der Waals surface area contributed by atoms with Crippen LogP contribution < -0.4 is 15.8 Å². The summed E-state index contributed by atoms with van der Waals surface area (Å²) in [6.45, 7) is 3.37. The van der Waals surface area contributed by atoms with E-state index in [4.69, 9.17) is 10.5 Å². The summed E-state index contributed by atoms with van der Waals surface area (Å²) in [4.78, 5) is 11.5. The van der Waals surface area contributed by atoms with Crippen LogP contribution in [0, 0.1) is 0 Å². The lowest BCUT2D eigenvalue weighted by atomic mass is 10.2. The Morgan fingerprint density at radius 3 is 2.94 bits per heavy atom. The maximum atomic E-state index is 11.5. The van der Waals surface area contributed by atoms with Crippen LogP contribution in [0.5, 0.6) is 5.75 Å². The summed E-state index contributed by atoms with van der Waals surface area (Å²) < 4.78 is 5.58. The van der Waals surface area contributed by atoms with Crippen molar-refractivity contribution in [1.82, 2.24) is 0 Å². The Morgan fingerprint density at radius 1 is 1.39 bits per heavy atom. The number of hydrogen-bond acceptors (Lipinski definition) is 3. The molecule has 1 aromatic carbocycles. The number of nitrogens with one attached hydrogen (secondary N) is 1. The molecule has 0 aliphatic heterocycles. The van der Waals surface area contributed by atoms with Crippen molar-refractivity contribution in [2.45, 2.75) is 32.6 Å². The first-order valence-electron chi connectivity index (χ1n) is 6.49. The highest BCUT2D eigenvalue weighted by Gasteiger charge is 2.02. The third-order valence-electron chi connectivity index (χ3n) is 2.49. The summed E-state index contributed by atoms with van der Waals surface area (Å²) in [5.41, 5.74) is 6.13. The fourth-order valence-corrected chi connectivity index (χ4v) is 1.48. The number of nitrogens with two attached hydrogens (primary N) is 1. The molecule has 18 heavy (non-hydrogen) atoms. The summed E-state index contributed by atoms with van der Waals surface area (Å²) in [6, 6.07) is 7.47. The van der Waals surface area contributed by atoms with Crippen LogP contribution in [0.4, 0.5) is 5.69 Å². The Morgan fingerprint density at radius 2 is 2.22 bits per heavy atom. The number of ether oxygens (including phenoxy) is 1. The van der Waals surface area contributed by atoms with Crippen molar-refractivity contribution in [2.75, 3.05) is 18.5 Å². The van der Waals surface area contributed by atoms with Crippen LogP contribution in [0.15, 0.2) is 24.3 Å². The molecule has 1 amide bonds. The molecule has 0 aliphatic rings. The minimum atomic E-state index is -0.00819. The number of hydrogen-bond donors (Lipinski definition) is 2. The zero-order chi connectivity index (χ0) is 13.2. The van der Waals surface area contributed by atoms with Crippen molar-refractivity contribution in [2.24, 2.45) is 5.73 Å². The van der Waals surface area contributed by atoms with Gasteiger partial charge in [-0.1, -0.05) is 19.4 Å². The molecule has 0 aliphatic carbocycles. The summed E-state index contributed by atoms with van der Waals surface area (Å²) in [5, 5.41) is 2.83. The van der Waals surface area contributed by atoms with Gasteiger partial charge in [0.15, 0.2) is 0 Å². The average Bonchev–Trinajstić information content (AvgIpc) is 2.37. The molecule has 0 atom stereocenters. The molecule has 0 spiro atoms. The van der Waals surface area contributed by atoms with Crippen LogP contribution in [0.1, 0.15) is 32.6 Å². The zero-order valence-corrected chi connectivity index (χ0v) is 10.9. The highest BCUT2D eigenvalue weighted by atomic mass is 16.5. The second-order valence-corrected chi connectivity index (χ2v) is 4.17. The fraction of sp³-hybridized carbons (Fsp3) is 0.500. The monoisotopic (exact) mass is 250 g/mol. The molecule has 0 aromatic heterocycles. The molecule has 0 fully saturated rings. The largest absolute Gasteiger partial charge is 0.494 e. The lowest BCUT2D eigenvalue weighted by molar-refractivity contribution is -0.116. The highest BCUT2D eigenvalue weighted by molar-refractivity contribution is 5.90. The van der Waals surface area contributed by atoms with E-state index in [0.717, 1.165) is 24.3 Å². The molecular formula is C14H22N2O2. The van der Waals surface area contributed by atoms with Crippen molar-refractivity contribution < 1.29 is 9.53 Å². The van der Waals surface area contributed by atoms with Gasteiger partial charge in [-0.2, -0.15) is 0 Å². The number of carbonyl (C=O) groups is 1. The van der Waals surface area contributed by atoms with E-state index in [-0.39, 0.29) is 5.91 Å². The van der Waals surface area contributed by atoms with Gasteiger partial charge in [0.2, 0.25) is 5.91 Å². The summed E-state index contributed by atoms with van der Waals surface area (Å²) >= 11 is 0. The summed E-state index contributed by atoms with van der Waals surface area (Å²) in [7, 11) is 0. The van der Waals surface area contributed by atoms with Crippen LogP contribution in [-0.2, 0) is 4.79 Å². The third kappa shape index (κ3) is 5.68. The van der Waals surface area contributed by atoms with Gasteiger partial charge in [0.25, 0.3) is 0 Å². The van der Waals surface area contributed by atoms with Gasteiger partial charge in [-0.15, -0.1) is 0 Å². The summed E-state index contributed by atoms with van der Waals surface area (Å²) in [5.74, 6) is 0.784. The van der Waals surface area contributed by atoms with Crippen LogP contribution in [0.2, 0.25) is 0 Å². The average molecular weight is 250 g/mol. The molecule has 3 N–H and O–H groups in total. The molecule has 0 radical (unpaired) electrons. The number of carbonyl (C=O) groups excluding carboxylic acids is 1. The van der Waals surface area contributed by atoms with Gasteiger partial charge in [-0.3, -0.25) is 4.79 Å². The number of anilines is 1. The van der Waals surface area contributed by atoms with Crippen molar-refractivity contribution in [3.63, 3.8) is 0 Å². The van der Waals surface area contributed by atoms with E-state index in [1.54, 1.807) is 0 Å². The van der Waals surface area contributed by atoms with Gasteiger partial charge in [-0.25, -0.2) is 0 Å². The Labute approximate surface area is 109 Å². The first kappa shape index (κ1) is 14.5. The van der Waals surface area contributed by atoms with Gasteiger partial charge < -0.3 is 15.8 Å². The van der Waals surface area contributed by atoms with E-state index in [1.165, 1.54) is 0 Å². The van der Waals surface area contributed by atoms with Crippen LogP contribution >= 0.6 is 0 Å². The fourth-order valence-electron chi connectivity index (χ4n) is 1.48. The van der Waals surface area contributed by atoms with Gasteiger partial charge >= 0.3 is 0 Å². The topological polar surface area (TPSA) is 64.3 Å². The lowest BCUT2D eigenvalue weighted by Gasteiger charge is -2.08. The zero-order valence-electron chi connectivity index (χ0n) is 10.9. The Kier molecular flexibility index (Phi) is 6.87. The number of rotatable bonds is 8. The molecule has 0 saturated carbocycles. The normalized spacial score (nSPS) is 10.1. The lowest BCUT2D eigenvalue weighted by Crippen LogP contribution is -2.13. The van der Waals surface area contributed by atoms with E-state index in [1.807, 2.05) is 24.3 Å². The maximum Gasteiger partial charge on any atom is 0.224 e. The molecule has 4 nitrogen and oxygen atoms in total. The maximum absolute atomic E-state index is 11.5. The third-order valence-corrected chi connectivity index (χ3v) is 2.49. The Balaban J connectivity index is 2.45. The molecule has 1 aromatic rings. The van der Waals surface area contributed by atoms with Crippen LogP contribution in [0.3, 0.4) is 0 Å². The minimum Gasteiger partial charge on any atom is -0.494 e. The Hall–Kier alpha value is -1.55. The van der Waals surface area contributed by atoms with E-state index in [0.29, 0.717) is 26.0 Å². The quantitative estimate of drug-likeness (QED) is 0.697. The molecule has 0 saturated heterocycles. The molecule has 0 bridgehead atoms. The van der Waals surface area contributed by atoms with Crippen molar-refractivity contribution >= 4 is 11.6 Å². The van der Waals surface area contributed by atoms with Crippen LogP contribution in [0.25, 0.3) is 0 Å². The van der Waals surface area contributed by atoms with Crippen molar-refractivity contribution in [3.05, 3.63) is 24.3 Å². The molecule has 0 unspecified atom stereocenters. The minimum absolute atomic E-state index is 0.00819. The van der Waals surface area contributed by atoms with Crippen LogP contribution in [-0.4, -0.2) is 19.1 Å². The Bertz CT molecular complexity index is 367. The molecule has 100 valence electrons. The van der Waals surface area contributed by atoms with E-state index in [2.05, 4.69) is 12.2 Å².